The lowest BCUT2D eigenvalue weighted by Gasteiger charge is -2.32. The Morgan fingerprint density at radius 3 is 2.48 bits per heavy atom. The molecule has 6 heteroatoms. The van der Waals surface area contributed by atoms with Crippen LogP contribution in [-0.2, 0) is 20.1 Å². The summed E-state index contributed by atoms with van der Waals surface area (Å²) in [5.41, 5.74) is 4.34. The van der Waals surface area contributed by atoms with Gasteiger partial charge in [0.15, 0.2) is 5.78 Å². The van der Waals surface area contributed by atoms with Crippen molar-refractivity contribution in [1.82, 2.24) is 0 Å². The highest BCUT2D eigenvalue weighted by Gasteiger charge is 2.55. The third-order valence-electron chi connectivity index (χ3n) is 5.34. The fourth-order valence-electron chi connectivity index (χ4n) is 4.03. The average Bonchev–Trinajstić information content (AvgIpc) is 2.92. The molecule has 0 aromatic heterocycles. The first-order chi connectivity index (χ1) is 13.9. The van der Waals surface area contributed by atoms with E-state index in [9.17, 15) is 9.59 Å². The lowest BCUT2D eigenvalue weighted by Crippen LogP contribution is -2.48. The van der Waals surface area contributed by atoms with Crippen LogP contribution >= 0.6 is 0 Å². The fourth-order valence-corrected chi connectivity index (χ4v) is 4.03. The first kappa shape index (κ1) is 19.6. The van der Waals surface area contributed by atoms with Crippen LogP contribution in [0.5, 0.6) is 5.75 Å². The van der Waals surface area contributed by atoms with Crippen molar-refractivity contribution in [2.24, 2.45) is 0 Å². The zero-order valence-electron chi connectivity index (χ0n) is 17.0. The van der Waals surface area contributed by atoms with E-state index in [0.717, 1.165) is 28.8 Å². The summed E-state index contributed by atoms with van der Waals surface area (Å²) in [4.78, 5) is 26.4. The molecule has 1 amide bonds. The number of hydrogen-bond acceptors (Lipinski definition) is 5. The Morgan fingerprint density at radius 2 is 1.83 bits per heavy atom. The number of hydrogen-bond donors (Lipinski definition) is 0. The summed E-state index contributed by atoms with van der Waals surface area (Å²) in [6.45, 7) is 7.20. The molecule has 2 heterocycles. The molecular formula is C23H25NO5. The fraction of sp³-hybridized carbons (Fsp3) is 0.391. The summed E-state index contributed by atoms with van der Waals surface area (Å²) >= 11 is 0. The standard InChI is InChI=1S/C23H25NO5/c1-15-13-16(2)21-20(14-15)23(28-10-4-11-29-23)22(26)24(21)9-12-27-19-7-5-18(6-8-19)17(3)25/h5-8,13-14H,4,9-12H2,1-3H3. The first-order valence-corrected chi connectivity index (χ1v) is 9.88. The van der Waals surface area contributed by atoms with Gasteiger partial charge in [-0.3, -0.25) is 9.59 Å². The highest BCUT2D eigenvalue weighted by Crippen LogP contribution is 2.47. The number of ether oxygens (including phenoxy) is 3. The lowest BCUT2D eigenvalue weighted by atomic mass is 10.00. The summed E-state index contributed by atoms with van der Waals surface area (Å²) in [5, 5.41) is 0. The summed E-state index contributed by atoms with van der Waals surface area (Å²) in [6, 6.07) is 11.0. The number of carbonyl (C=O) groups is 2. The summed E-state index contributed by atoms with van der Waals surface area (Å²) in [5.74, 6) is -0.869. The van der Waals surface area contributed by atoms with E-state index in [4.69, 9.17) is 14.2 Å². The van der Waals surface area contributed by atoms with E-state index in [-0.39, 0.29) is 11.7 Å². The number of benzene rings is 2. The topological polar surface area (TPSA) is 65.1 Å². The maximum atomic E-state index is 13.3. The maximum absolute atomic E-state index is 13.3. The van der Waals surface area contributed by atoms with Gasteiger partial charge in [-0.2, -0.15) is 0 Å². The molecular weight excluding hydrogens is 370 g/mol. The van der Waals surface area contributed by atoms with Crippen molar-refractivity contribution in [3.63, 3.8) is 0 Å². The van der Waals surface area contributed by atoms with Gasteiger partial charge >= 0.3 is 0 Å². The predicted molar refractivity (Wildman–Crippen MR) is 108 cm³/mol. The third-order valence-corrected chi connectivity index (χ3v) is 5.34. The number of Topliss-reactive ketones (excluding diaryl/α,β-unsaturated/α-hetero) is 1. The van der Waals surface area contributed by atoms with Crippen LogP contribution in [0.25, 0.3) is 0 Å². The molecule has 2 aliphatic rings. The van der Waals surface area contributed by atoms with Crippen LogP contribution in [0.15, 0.2) is 36.4 Å². The molecule has 1 spiro atoms. The number of carbonyl (C=O) groups excluding carboxylic acids is 2. The molecule has 4 rings (SSSR count). The van der Waals surface area contributed by atoms with E-state index >= 15 is 0 Å². The Hall–Kier alpha value is -2.70. The van der Waals surface area contributed by atoms with Crippen molar-refractivity contribution >= 4 is 17.4 Å². The molecule has 2 aliphatic heterocycles. The predicted octanol–water partition coefficient (Wildman–Crippen LogP) is 3.52. The number of ketones is 1. The molecule has 0 aliphatic carbocycles. The van der Waals surface area contributed by atoms with Gasteiger partial charge in [0.25, 0.3) is 11.7 Å². The molecule has 2 aromatic carbocycles. The van der Waals surface area contributed by atoms with Crippen molar-refractivity contribution in [3.05, 3.63) is 58.7 Å². The van der Waals surface area contributed by atoms with Gasteiger partial charge in [0, 0.05) is 11.1 Å². The van der Waals surface area contributed by atoms with Gasteiger partial charge in [0.1, 0.15) is 12.4 Å². The quantitative estimate of drug-likeness (QED) is 0.725. The van der Waals surface area contributed by atoms with Crippen LogP contribution in [0.4, 0.5) is 5.69 Å². The number of rotatable bonds is 5. The smallest absolute Gasteiger partial charge is 0.292 e. The van der Waals surface area contributed by atoms with Crippen LogP contribution in [-0.4, -0.2) is 38.1 Å². The van der Waals surface area contributed by atoms with Crippen molar-refractivity contribution in [2.45, 2.75) is 33.0 Å². The van der Waals surface area contributed by atoms with Gasteiger partial charge in [0.2, 0.25) is 0 Å². The minimum atomic E-state index is -1.34. The van der Waals surface area contributed by atoms with E-state index in [0.29, 0.717) is 37.7 Å². The van der Waals surface area contributed by atoms with Crippen molar-refractivity contribution in [3.8, 4) is 5.75 Å². The highest BCUT2D eigenvalue weighted by molar-refractivity contribution is 6.07. The zero-order valence-corrected chi connectivity index (χ0v) is 17.0. The Balaban J connectivity index is 1.55. The molecule has 152 valence electrons. The van der Waals surface area contributed by atoms with E-state index in [1.165, 1.54) is 6.92 Å². The maximum Gasteiger partial charge on any atom is 0.292 e. The normalized spacial score (nSPS) is 17.5. The van der Waals surface area contributed by atoms with E-state index in [2.05, 4.69) is 6.07 Å². The molecule has 0 N–H and O–H groups in total. The van der Waals surface area contributed by atoms with Crippen LogP contribution in [0.3, 0.4) is 0 Å². The van der Waals surface area contributed by atoms with Crippen LogP contribution in [0, 0.1) is 13.8 Å². The van der Waals surface area contributed by atoms with E-state index in [1.807, 2.05) is 19.9 Å². The van der Waals surface area contributed by atoms with Crippen LogP contribution < -0.4 is 9.64 Å². The molecule has 2 aromatic rings. The second-order valence-electron chi connectivity index (χ2n) is 7.53. The molecule has 6 nitrogen and oxygen atoms in total. The van der Waals surface area contributed by atoms with Crippen LogP contribution in [0.1, 0.15) is 40.4 Å². The largest absolute Gasteiger partial charge is 0.492 e. The zero-order chi connectivity index (χ0) is 20.6. The number of anilines is 1. The second kappa shape index (κ2) is 7.61. The lowest BCUT2D eigenvalue weighted by molar-refractivity contribution is -0.256. The van der Waals surface area contributed by atoms with E-state index < -0.39 is 5.79 Å². The Morgan fingerprint density at radius 1 is 1.14 bits per heavy atom. The molecule has 0 atom stereocenters. The van der Waals surface area contributed by atoms with Crippen molar-refractivity contribution < 1.29 is 23.8 Å². The molecule has 0 bridgehead atoms. The number of amides is 1. The van der Waals surface area contributed by atoms with Crippen molar-refractivity contribution in [2.75, 3.05) is 31.3 Å². The van der Waals surface area contributed by atoms with Gasteiger partial charge in [-0.1, -0.05) is 11.6 Å². The van der Waals surface area contributed by atoms with Gasteiger partial charge < -0.3 is 19.1 Å². The molecule has 29 heavy (non-hydrogen) atoms. The number of nitrogens with zero attached hydrogens (tertiary/aromatic N) is 1. The van der Waals surface area contributed by atoms with Gasteiger partial charge in [0.05, 0.1) is 25.4 Å². The molecule has 1 fully saturated rings. The van der Waals surface area contributed by atoms with Crippen molar-refractivity contribution in [1.29, 1.82) is 0 Å². The molecule has 0 radical (unpaired) electrons. The summed E-state index contributed by atoms with van der Waals surface area (Å²) in [6.07, 6.45) is 0.772. The minimum absolute atomic E-state index is 0.0133. The number of fused-ring (bicyclic) bond motifs is 2. The summed E-state index contributed by atoms with van der Waals surface area (Å²) < 4.78 is 17.7. The Kier molecular flexibility index (Phi) is 5.15. The monoisotopic (exact) mass is 395 g/mol. The van der Waals surface area contributed by atoms with Gasteiger partial charge in [-0.05, 0) is 63.1 Å². The summed E-state index contributed by atoms with van der Waals surface area (Å²) in [7, 11) is 0. The molecule has 0 saturated carbocycles. The molecule has 0 unspecified atom stereocenters. The first-order valence-electron chi connectivity index (χ1n) is 9.88. The number of aryl methyl sites for hydroxylation is 2. The van der Waals surface area contributed by atoms with Crippen LogP contribution in [0.2, 0.25) is 0 Å². The van der Waals surface area contributed by atoms with Gasteiger partial charge in [-0.15, -0.1) is 0 Å². The van der Waals surface area contributed by atoms with E-state index in [1.54, 1.807) is 29.2 Å². The molecule has 1 saturated heterocycles. The Bertz CT molecular complexity index is 944. The minimum Gasteiger partial charge on any atom is -0.492 e. The second-order valence-corrected chi connectivity index (χ2v) is 7.53. The average molecular weight is 395 g/mol. The highest BCUT2D eigenvalue weighted by atomic mass is 16.7. The van der Waals surface area contributed by atoms with Gasteiger partial charge in [-0.25, -0.2) is 0 Å². The Labute approximate surface area is 170 Å². The SMILES string of the molecule is CC(=O)c1ccc(OCCN2C(=O)C3(OCCCO3)c3cc(C)cc(C)c32)cc1. The third kappa shape index (κ3) is 3.43.